The van der Waals surface area contributed by atoms with E-state index >= 15 is 0 Å². The number of carbonyl (C=O) groups excluding carboxylic acids is 2. The molecule has 1 aliphatic heterocycles. The Bertz CT molecular complexity index is 1920. The molecule has 0 radical (unpaired) electrons. The number of hydrogen-bond donors (Lipinski definition) is 3. The Hall–Kier alpha value is -5.00. The number of pyridine rings is 1. The molecule has 266 valence electrons. The van der Waals surface area contributed by atoms with Crippen molar-refractivity contribution in [1.29, 1.82) is 0 Å². The molecule has 5 rings (SSSR count). The number of anilines is 1. The van der Waals surface area contributed by atoms with Crippen LogP contribution in [-0.4, -0.2) is 61.3 Å². The van der Waals surface area contributed by atoms with E-state index in [1.165, 1.54) is 10.8 Å². The fraction of sp³-hybridized carbons (Fsp3) is 0.289. The summed E-state index contributed by atoms with van der Waals surface area (Å²) >= 11 is 0. The molecule has 0 spiro atoms. The summed E-state index contributed by atoms with van der Waals surface area (Å²) < 4.78 is 52.4. The summed E-state index contributed by atoms with van der Waals surface area (Å²) in [5.74, 6) is 2.38. The van der Waals surface area contributed by atoms with Gasteiger partial charge in [-0.3, -0.25) is 19.0 Å². The fourth-order valence-electron chi connectivity index (χ4n) is 6.13. The van der Waals surface area contributed by atoms with Gasteiger partial charge >= 0.3 is 12.1 Å². The highest BCUT2D eigenvalue weighted by atomic mass is 28.4. The summed E-state index contributed by atoms with van der Waals surface area (Å²) in [6, 6.07) is 29.3. The molecule has 1 saturated heterocycles. The monoisotopic (exact) mass is 717 g/mol. The maximum Gasteiger partial charge on any atom is 0.471 e. The van der Waals surface area contributed by atoms with Crippen LogP contribution in [0, 0.1) is 11.8 Å². The van der Waals surface area contributed by atoms with Crippen LogP contribution in [0.4, 0.5) is 18.9 Å². The second-order valence-electron chi connectivity index (χ2n) is 13.1. The van der Waals surface area contributed by atoms with Crippen LogP contribution in [0.25, 0.3) is 0 Å². The molecule has 1 unspecified atom stereocenters. The number of aliphatic hydroxyl groups excluding tert-OH is 1. The molecule has 2 amide bonds. The third-order valence-electron chi connectivity index (χ3n) is 8.58. The molecule has 13 heteroatoms. The minimum atomic E-state index is -5.08. The zero-order valence-corrected chi connectivity index (χ0v) is 29.2. The Morgan fingerprint density at radius 3 is 2.08 bits per heavy atom. The van der Waals surface area contributed by atoms with Gasteiger partial charge in [0.1, 0.15) is 12.3 Å². The normalized spacial score (nSPS) is 17.7. The Labute approximate surface area is 294 Å². The number of ether oxygens (including phenoxy) is 1. The van der Waals surface area contributed by atoms with Crippen LogP contribution in [0.1, 0.15) is 49.3 Å². The first kappa shape index (κ1) is 37.3. The first-order valence-corrected chi connectivity index (χ1v) is 18.2. The number of aliphatic hydroxyl groups is 1. The summed E-state index contributed by atoms with van der Waals surface area (Å²) in [7, 11) is -2.98. The topological polar surface area (TPSA) is 119 Å². The van der Waals surface area contributed by atoms with Crippen LogP contribution >= 0.6 is 0 Å². The molecule has 3 aromatic carbocycles. The average Bonchev–Trinajstić information content (AvgIpc) is 3.47. The van der Waals surface area contributed by atoms with Gasteiger partial charge in [-0.05, 0) is 27.5 Å². The zero-order valence-electron chi connectivity index (χ0n) is 28.2. The van der Waals surface area contributed by atoms with Crippen molar-refractivity contribution in [1.82, 2.24) is 9.88 Å². The van der Waals surface area contributed by atoms with Crippen molar-refractivity contribution in [3.05, 3.63) is 125 Å². The van der Waals surface area contributed by atoms with Crippen molar-refractivity contribution in [2.75, 3.05) is 18.5 Å². The van der Waals surface area contributed by atoms with Gasteiger partial charge < -0.3 is 24.9 Å². The molecule has 4 aromatic rings. The van der Waals surface area contributed by atoms with E-state index in [0.717, 1.165) is 16.4 Å². The number of carbonyl (C=O) groups is 2. The highest BCUT2D eigenvalue weighted by molar-refractivity contribution is 6.99. The Morgan fingerprint density at radius 1 is 0.961 bits per heavy atom. The second kappa shape index (κ2) is 15.5. The van der Waals surface area contributed by atoms with Crippen LogP contribution < -0.4 is 26.6 Å². The number of hydrogen-bond acceptors (Lipinski definition) is 6. The molecule has 51 heavy (non-hydrogen) atoms. The molecule has 2 heterocycles. The first-order valence-electron chi connectivity index (χ1n) is 16.3. The summed E-state index contributed by atoms with van der Waals surface area (Å²) in [5.41, 5.74) is -0.209. The number of amides is 2. The van der Waals surface area contributed by atoms with E-state index in [-0.39, 0.29) is 29.3 Å². The SMILES string of the molecule is CC(C)(C)[Si](OC[C@H]1O[C@@H](n2cc(C#CCNC(=O)C(F)(F)F)c(NC(=O)c3ccccc3)cc2=O)CC1O)(c1ccccc1)c1ccccc1. The van der Waals surface area contributed by atoms with Crippen molar-refractivity contribution in [3.63, 3.8) is 0 Å². The Balaban J connectivity index is 1.43. The molecule has 1 aliphatic rings. The van der Waals surface area contributed by atoms with Gasteiger partial charge in [0.05, 0.1) is 30.5 Å². The van der Waals surface area contributed by atoms with E-state index in [9.17, 15) is 32.7 Å². The zero-order chi connectivity index (χ0) is 36.8. The number of halogens is 3. The molecule has 3 N–H and O–H groups in total. The highest BCUT2D eigenvalue weighted by Gasteiger charge is 2.51. The van der Waals surface area contributed by atoms with E-state index in [2.05, 4.69) is 37.9 Å². The largest absolute Gasteiger partial charge is 0.471 e. The van der Waals surface area contributed by atoms with Gasteiger partial charge in [-0.1, -0.05) is 111 Å². The van der Waals surface area contributed by atoms with Crippen LogP contribution in [0.15, 0.2) is 108 Å². The molecular weight excluding hydrogens is 680 g/mol. The average molecular weight is 718 g/mol. The molecule has 0 saturated carbocycles. The molecule has 1 fully saturated rings. The van der Waals surface area contributed by atoms with Gasteiger partial charge in [-0.15, -0.1) is 0 Å². The van der Waals surface area contributed by atoms with Gasteiger partial charge in [0.15, 0.2) is 0 Å². The second-order valence-corrected chi connectivity index (χ2v) is 17.4. The van der Waals surface area contributed by atoms with Gasteiger partial charge in [0, 0.05) is 24.2 Å². The van der Waals surface area contributed by atoms with Gasteiger partial charge in [0.25, 0.3) is 19.8 Å². The number of aromatic nitrogens is 1. The highest BCUT2D eigenvalue weighted by Crippen LogP contribution is 2.38. The lowest BCUT2D eigenvalue weighted by molar-refractivity contribution is -0.173. The number of rotatable bonds is 9. The maximum absolute atomic E-state index is 13.5. The van der Waals surface area contributed by atoms with Crippen molar-refractivity contribution in [3.8, 4) is 11.8 Å². The van der Waals surface area contributed by atoms with Gasteiger partial charge in [0.2, 0.25) is 0 Å². The Kier molecular flexibility index (Phi) is 11.3. The molecule has 0 bridgehead atoms. The lowest BCUT2D eigenvalue weighted by Crippen LogP contribution is -2.67. The summed E-state index contributed by atoms with van der Waals surface area (Å²) in [5, 5.41) is 17.3. The third-order valence-corrected chi connectivity index (χ3v) is 13.6. The fourth-order valence-corrected chi connectivity index (χ4v) is 10.7. The predicted molar refractivity (Wildman–Crippen MR) is 189 cm³/mol. The number of nitrogens with one attached hydrogen (secondary N) is 2. The van der Waals surface area contributed by atoms with Crippen molar-refractivity contribution in [2.24, 2.45) is 0 Å². The minimum Gasteiger partial charge on any atom is -0.405 e. The van der Waals surface area contributed by atoms with E-state index in [4.69, 9.17) is 9.16 Å². The standard InChI is InChI=1S/C38H38F3N3O6Si/c1-37(2,3)51(28-17-9-5-10-18-28,29-19-11-6-12-20-29)49-25-32-31(45)23-34(50-32)44-24-27(16-13-21-42-36(48)38(39,40)41)30(22-33(44)46)43-35(47)26-14-7-4-8-15-26/h4-12,14-15,17-20,22,24,31-32,34,45H,21,23,25H2,1-3H3,(H,42,48)(H,43,47)/t31?,32-,34-/m1/s1. The van der Waals surface area contributed by atoms with E-state index in [1.54, 1.807) is 35.6 Å². The summed E-state index contributed by atoms with van der Waals surface area (Å²) in [6.07, 6.45) is -6.52. The van der Waals surface area contributed by atoms with Gasteiger partial charge in [-0.25, -0.2) is 0 Å². The summed E-state index contributed by atoms with van der Waals surface area (Å²) in [4.78, 5) is 37.7. The van der Waals surface area contributed by atoms with Crippen LogP contribution in [0.3, 0.4) is 0 Å². The van der Waals surface area contributed by atoms with Crippen LogP contribution in [-0.2, 0) is 14.0 Å². The molecule has 9 nitrogen and oxygen atoms in total. The Morgan fingerprint density at radius 2 is 1.53 bits per heavy atom. The number of benzene rings is 3. The third kappa shape index (κ3) is 8.49. The number of alkyl halides is 3. The first-order chi connectivity index (χ1) is 24.2. The van der Waals surface area contributed by atoms with Crippen molar-refractivity contribution >= 4 is 36.2 Å². The molecule has 0 aliphatic carbocycles. The van der Waals surface area contributed by atoms with E-state index in [1.807, 2.05) is 60.7 Å². The maximum atomic E-state index is 13.5. The van der Waals surface area contributed by atoms with Gasteiger partial charge in [-0.2, -0.15) is 13.2 Å². The van der Waals surface area contributed by atoms with Crippen molar-refractivity contribution < 1.29 is 37.0 Å². The van der Waals surface area contributed by atoms with E-state index in [0.29, 0.717) is 5.56 Å². The van der Waals surface area contributed by atoms with Crippen LogP contribution in [0.2, 0.25) is 5.04 Å². The lowest BCUT2D eigenvalue weighted by Gasteiger charge is -2.43. The minimum absolute atomic E-state index is 0.00450. The number of nitrogens with zero attached hydrogens (tertiary/aromatic N) is 1. The molecular formula is C38H38F3N3O6Si. The predicted octanol–water partition coefficient (Wildman–Crippen LogP) is 4.36. The quantitative estimate of drug-likeness (QED) is 0.175. The van der Waals surface area contributed by atoms with Crippen molar-refractivity contribution in [2.45, 2.75) is 56.8 Å². The molecule has 1 aromatic heterocycles. The lowest BCUT2D eigenvalue weighted by atomic mass is 10.1. The smallest absolute Gasteiger partial charge is 0.405 e. The van der Waals surface area contributed by atoms with Crippen LogP contribution in [0.5, 0.6) is 0 Å². The molecule has 3 atom stereocenters. The van der Waals surface area contributed by atoms with E-state index < -0.39 is 56.8 Å². The summed E-state index contributed by atoms with van der Waals surface area (Å²) in [6.45, 7) is 5.76.